The van der Waals surface area contributed by atoms with Crippen molar-refractivity contribution in [3.05, 3.63) is 53.9 Å². The summed E-state index contributed by atoms with van der Waals surface area (Å²) in [5, 5.41) is 18.2. The molecule has 0 radical (unpaired) electrons. The molecule has 1 atom stereocenters. The molecule has 1 heterocycles. The number of aromatic amines is 1. The Balaban J connectivity index is 2.03. The number of carboxylic acid groups (broad SMARTS) is 1. The molecule has 0 spiro atoms. The highest BCUT2D eigenvalue weighted by Gasteiger charge is 2.23. The van der Waals surface area contributed by atoms with Crippen LogP contribution in [0.25, 0.3) is 0 Å². The van der Waals surface area contributed by atoms with Gasteiger partial charge in [-0.25, -0.2) is 9.59 Å². The summed E-state index contributed by atoms with van der Waals surface area (Å²) in [4.78, 5) is 24.8. The Morgan fingerprint density at radius 2 is 2.10 bits per heavy atom. The first-order valence-electron chi connectivity index (χ1n) is 6.35. The Morgan fingerprint density at radius 3 is 2.67 bits per heavy atom. The third-order valence-corrected chi connectivity index (χ3v) is 2.97. The summed E-state index contributed by atoms with van der Waals surface area (Å²) in [6.07, 6.45) is 3.28. The normalized spacial score (nSPS) is 11.7. The molecule has 3 N–H and O–H groups in total. The van der Waals surface area contributed by atoms with Crippen LogP contribution in [0.5, 0.6) is 0 Å². The number of aliphatic carboxylic acids is 1. The first-order chi connectivity index (χ1) is 10.1. The molecule has 1 aromatic carbocycles. The molecule has 7 heteroatoms. The second-order valence-electron chi connectivity index (χ2n) is 4.59. The maximum absolute atomic E-state index is 12.1. The van der Waals surface area contributed by atoms with Gasteiger partial charge < -0.3 is 15.3 Å². The number of rotatable bonds is 5. The fourth-order valence-electron chi connectivity index (χ4n) is 1.88. The van der Waals surface area contributed by atoms with Crippen molar-refractivity contribution in [3.63, 3.8) is 0 Å². The Labute approximate surface area is 121 Å². The minimum Gasteiger partial charge on any atom is -0.479 e. The molecule has 0 bridgehead atoms. The molecule has 7 nitrogen and oxygen atoms in total. The lowest BCUT2D eigenvalue weighted by atomic mass is 10.1. The van der Waals surface area contributed by atoms with E-state index in [4.69, 9.17) is 0 Å². The van der Waals surface area contributed by atoms with Gasteiger partial charge in [-0.05, 0) is 5.56 Å². The van der Waals surface area contributed by atoms with Crippen LogP contribution in [0.3, 0.4) is 0 Å². The zero-order valence-corrected chi connectivity index (χ0v) is 11.5. The van der Waals surface area contributed by atoms with E-state index in [1.165, 1.54) is 4.90 Å². The minimum atomic E-state index is -1.11. The summed E-state index contributed by atoms with van der Waals surface area (Å²) < 4.78 is 0. The molecule has 2 amide bonds. The first kappa shape index (κ1) is 14.6. The zero-order valence-electron chi connectivity index (χ0n) is 11.5. The summed E-state index contributed by atoms with van der Waals surface area (Å²) in [6, 6.07) is 7.02. The van der Waals surface area contributed by atoms with Gasteiger partial charge in [-0.1, -0.05) is 30.3 Å². The van der Waals surface area contributed by atoms with E-state index < -0.39 is 18.0 Å². The van der Waals surface area contributed by atoms with Crippen LogP contribution in [-0.4, -0.2) is 39.3 Å². The number of nitrogens with one attached hydrogen (secondary N) is 2. The van der Waals surface area contributed by atoms with Crippen LogP contribution in [0, 0.1) is 0 Å². The lowest BCUT2D eigenvalue weighted by Crippen LogP contribution is -2.41. The quantitative estimate of drug-likeness (QED) is 0.774. The van der Waals surface area contributed by atoms with Crippen LogP contribution >= 0.6 is 0 Å². The van der Waals surface area contributed by atoms with Gasteiger partial charge in [0.1, 0.15) is 0 Å². The third kappa shape index (κ3) is 3.82. The molecule has 0 aliphatic heterocycles. The molecule has 110 valence electrons. The number of hydrogen-bond acceptors (Lipinski definition) is 3. The largest absolute Gasteiger partial charge is 0.479 e. The second-order valence-corrected chi connectivity index (χ2v) is 4.59. The predicted molar refractivity (Wildman–Crippen MR) is 75.4 cm³/mol. The second kappa shape index (κ2) is 6.56. The van der Waals surface area contributed by atoms with E-state index in [0.29, 0.717) is 12.1 Å². The molecule has 0 unspecified atom stereocenters. The number of carbonyl (C=O) groups is 2. The SMILES string of the molecule is CN(Cc1cn[nH]c1)C(=O)N[C@H](C(=O)O)c1ccccc1. The van der Waals surface area contributed by atoms with Gasteiger partial charge in [0.05, 0.1) is 12.7 Å². The number of hydrogen-bond donors (Lipinski definition) is 3. The number of amides is 2. The molecule has 0 aliphatic carbocycles. The van der Waals surface area contributed by atoms with E-state index in [-0.39, 0.29) is 0 Å². The minimum absolute atomic E-state index is 0.337. The Bertz CT molecular complexity index is 598. The van der Waals surface area contributed by atoms with Crippen molar-refractivity contribution in [3.8, 4) is 0 Å². The Kier molecular flexibility index (Phi) is 4.55. The van der Waals surface area contributed by atoms with Gasteiger partial charge in [0, 0.05) is 18.8 Å². The summed E-state index contributed by atoms with van der Waals surface area (Å²) >= 11 is 0. The van der Waals surface area contributed by atoms with Crippen molar-refractivity contribution in [2.24, 2.45) is 0 Å². The van der Waals surface area contributed by atoms with Crippen molar-refractivity contribution >= 4 is 12.0 Å². The molecule has 21 heavy (non-hydrogen) atoms. The highest BCUT2D eigenvalue weighted by atomic mass is 16.4. The average molecular weight is 288 g/mol. The van der Waals surface area contributed by atoms with E-state index in [2.05, 4.69) is 15.5 Å². The number of carboxylic acids is 1. The molecule has 0 saturated carbocycles. The van der Waals surface area contributed by atoms with E-state index in [9.17, 15) is 14.7 Å². The van der Waals surface area contributed by atoms with Crippen LogP contribution < -0.4 is 5.32 Å². The van der Waals surface area contributed by atoms with E-state index in [0.717, 1.165) is 5.56 Å². The lowest BCUT2D eigenvalue weighted by Gasteiger charge is -2.21. The summed E-state index contributed by atoms with van der Waals surface area (Å²) in [7, 11) is 1.59. The molecule has 2 aromatic rings. The van der Waals surface area contributed by atoms with Crippen molar-refractivity contribution in [1.29, 1.82) is 0 Å². The highest BCUT2D eigenvalue weighted by molar-refractivity contribution is 5.83. The van der Waals surface area contributed by atoms with E-state index >= 15 is 0 Å². The number of nitrogens with zero attached hydrogens (tertiary/aromatic N) is 2. The van der Waals surface area contributed by atoms with Crippen molar-refractivity contribution in [2.75, 3.05) is 7.05 Å². The average Bonchev–Trinajstić information content (AvgIpc) is 2.98. The first-order valence-corrected chi connectivity index (χ1v) is 6.35. The predicted octanol–water partition coefficient (Wildman–Crippen LogP) is 1.38. The van der Waals surface area contributed by atoms with Gasteiger partial charge in [-0.3, -0.25) is 5.10 Å². The van der Waals surface area contributed by atoms with Gasteiger partial charge in [0.25, 0.3) is 0 Å². The molecular formula is C14H16N4O3. The van der Waals surface area contributed by atoms with Gasteiger partial charge in [0.15, 0.2) is 6.04 Å². The number of H-pyrrole nitrogens is 1. The van der Waals surface area contributed by atoms with Gasteiger partial charge in [0.2, 0.25) is 0 Å². The van der Waals surface area contributed by atoms with Crippen molar-refractivity contribution < 1.29 is 14.7 Å². The maximum Gasteiger partial charge on any atom is 0.330 e. The Morgan fingerprint density at radius 1 is 1.38 bits per heavy atom. The van der Waals surface area contributed by atoms with Crippen molar-refractivity contribution in [2.45, 2.75) is 12.6 Å². The smallest absolute Gasteiger partial charge is 0.330 e. The van der Waals surface area contributed by atoms with Gasteiger partial charge in [-0.2, -0.15) is 5.10 Å². The standard InChI is InChI=1S/C14H16N4O3/c1-18(9-10-7-15-16-8-10)14(21)17-12(13(19)20)11-5-3-2-4-6-11/h2-8,12H,9H2,1H3,(H,15,16)(H,17,21)(H,19,20)/t12-/m0/s1. The number of benzene rings is 1. The molecule has 0 aliphatic rings. The van der Waals surface area contributed by atoms with Crippen LogP contribution in [0.1, 0.15) is 17.2 Å². The monoisotopic (exact) mass is 288 g/mol. The van der Waals surface area contributed by atoms with Crippen LogP contribution in [0.15, 0.2) is 42.7 Å². The Hall–Kier alpha value is -2.83. The molecule has 0 fully saturated rings. The molecule has 0 saturated heterocycles. The lowest BCUT2D eigenvalue weighted by molar-refractivity contribution is -0.139. The summed E-state index contributed by atoms with van der Waals surface area (Å²) in [6.45, 7) is 0.337. The van der Waals surface area contributed by atoms with Gasteiger partial charge >= 0.3 is 12.0 Å². The summed E-state index contributed by atoms with van der Waals surface area (Å²) in [5.74, 6) is -1.11. The van der Waals surface area contributed by atoms with Crippen LogP contribution in [-0.2, 0) is 11.3 Å². The number of aromatic nitrogens is 2. The highest BCUT2D eigenvalue weighted by Crippen LogP contribution is 2.13. The third-order valence-electron chi connectivity index (χ3n) is 2.97. The van der Waals surface area contributed by atoms with E-state index in [1.54, 1.807) is 49.8 Å². The van der Waals surface area contributed by atoms with Crippen LogP contribution in [0.2, 0.25) is 0 Å². The molecule has 2 rings (SSSR count). The topological polar surface area (TPSA) is 98.3 Å². The molecule has 1 aromatic heterocycles. The summed E-state index contributed by atoms with van der Waals surface area (Å²) in [5.41, 5.74) is 1.36. The maximum atomic E-state index is 12.1. The van der Waals surface area contributed by atoms with Gasteiger partial charge in [-0.15, -0.1) is 0 Å². The number of carbonyl (C=O) groups excluding carboxylic acids is 1. The van der Waals surface area contributed by atoms with Crippen LogP contribution in [0.4, 0.5) is 4.79 Å². The fraction of sp³-hybridized carbons (Fsp3) is 0.214. The van der Waals surface area contributed by atoms with Crippen molar-refractivity contribution in [1.82, 2.24) is 20.4 Å². The fourth-order valence-corrected chi connectivity index (χ4v) is 1.88. The van der Waals surface area contributed by atoms with E-state index in [1.807, 2.05) is 0 Å². The number of urea groups is 1. The zero-order chi connectivity index (χ0) is 15.2. The molecular weight excluding hydrogens is 272 g/mol.